The smallest absolute Gasteiger partial charge is 0.335 e. The van der Waals surface area contributed by atoms with Gasteiger partial charge in [-0.3, -0.25) is 4.79 Å². The number of methoxy groups -OCH3 is 1. The van der Waals surface area contributed by atoms with Crippen molar-refractivity contribution in [2.75, 3.05) is 20.3 Å². The second kappa shape index (κ2) is 19.7. The summed E-state index contributed by atoms with van der Waals surface area (Å²) in [4.78, 5) is 54.3. The van der Waals surface area contributed by atoms with Crippen LogP contribution in [-0.2, 0) is 52.3 Å². The molecule has 0 amide bonds. The first-order valence-corrected chi connectivity index (χ1v) is 25.0. The third-order valence-electron chi connectivity index (χ3n) is 19.2. The molecular formula is C52H78O19. The van der Waals surface area contributed by atoms with E-state index in [0.717, 1.165) is 5.57 Å². The number of fused-ring (bicyclic) bond motifs is 7. The van der Waals surface area contributed by atoms with Crippen molar-refractivity contribution in [3.63, 3.8) is 0 Å². The van der Waals surface area contributed by atoms with E-state index in [0.29, 0.717) is 43.3 Å². The van der Waals surface area contributed by atoms with Crippen LogP contribution in [0.2, 0.25) is 0 Å². The van der Waals surface area contributed by atoms with E-state index >= 15 is 0 Å². The Labute approximate surface area is 415 Å². The van der Waals surface area contributed by atoms with E-state index in [1.807, 2.05) is 20.8 Å². The van der Waals surface area contributed by atoms with Crippen molar-refractivity contribution in [2.24, 2.45) is 50.2 Å². The fourth-order valence-corrected chi connectivity index (χ4v) is 14.8. The van der Waals surface area contributed by atoms with Crippen LogP contribution in [0.5, 0.6) is 0 Å². The number of allylic oxidation sites excluding steroid dienone is 4. The van der Waals surface area contributed by atoms with Gasteiger partial charge in [0.15, 0.2) is 24.8 Å². The Balaban J connectivity index is 1.24. The molecule has 71 heavy (non-hydrogen) atoms. The van der Waals surface area contributed by atoms with Gasteiger partial charge < -0.3 is 74.0 Å². The van der Waals surface area contributed by atoms with Gasteiger partial charge in [-0.25, -0.2) is 14.4 Å². The number of carboxylic acids is 1. The molecule has 7 aliphatic rings. The van der Waals surface area contributed by atoms with Crippen molar-refractivity contribution in [2.45, 2.75) is 194 Å². The van der Waals surface area contributed by atoms with Crippen LogP contribution in [0.25, 0.3) is 0 Å². The molecule has 2 aliphatic heterocycles. The Bertz CT molecular complexity index is 2160. The Kier molecular flexibility index (Phi) is 15.4. The van der Waals surface area contributed by atoms with E-state index in [1.54, 1.807) is 39.8 Å². The summed E-state index contributed by atoms with van der Waals surface area (Å²) in [6.45, 7) is 17.8. The highest BCUT2D eigenvalue weighted by molar-refractivity contribution is 5.89. The molecule has 21 atom stereocenters. The standard InChI is InChI=1S/C52H78O19/c1-12-24(3)42(62)70-39-40(71-43(63)25(4)13-2)52(23-53)28(19-47(39,5)6)27-14-15-30-48(7)17-16-26(18-31(48)49(8,46(64)65-11)22-51(30,10)50(27,9)20-32(52)55)67-45-36(59)37(35(58)38(69-45)41(60)61)68-44-34(57)33(56)29(54)21-66-44/h12-14,26,28-40,44-45,53-59H,15-23H2,1-11H3,(H,60,61). The highest BCUT2D eigenvalue weighted by Gasteiger charge is 2.75. The van der Waals surface area contributed by atoms with Gasteiger partial charge in [0.25, 0.3) is 0 Å². The summed E-state index contributed by atoms with van der Waals surface area (Å²) in [7, 11) is 1.34. The quantitative estimate of drug-likeness (QED) is 0.0485. The first-order chi connectivity index (χ1) is 33.1. The predicted octanol–water partition coefficient (Wildman–Crippen LogP) is 2.62. The van der Waals surface area contributed by atoms with Crippen molar-refractivity contribution in [3.8, 4) is 0 Å². The number of ether oxygens (including phenoxy) is 7. The molecule has 4 saturated carbocycles. The van der Waals surface area contributed by atoms with Crippen LogP contribution in [0.15, 0.2) is 34.9 Å². The van der Waals surface area contributed by atoms with Crippen molar-refractivity contribution < 1.29 is 93.2 Å². The molecule has 0 aromatic rings. The fourth-order valence-electron chi connectivity index (χ4n) is 14.8. The number of aliphatic carboxylic acids is 1. The third-order valence-corrected chi connectivity index (χ3v) is 19.2. The molecule has 2 heterocycles. The molecule has 21 unspecified atom stereocenters. The van der Waals surface area contributed by atoms with Gasteiger partial charge in [0.1, 0.15) is 42.7 Å². The molecule has 8 N–H and O–H groups in total. The second-order valence-corrected chi connectivity index (χ2v) is 23.3. The minimum absolute atomic E-state index is 0.0991. The first kappa shape index (κ1) is 55.4. The van der Waals surface area contributed by atoms with E-state index in [2.05, 4.69) is 26.8 Å². The summed E-state index contributed by atoms with van der Waals surface area (Å²) in [6, 6.07) is 0. The minimum Gasteiger partial charge on any atom is -0.479 e. The summed E-state index contributed by atoms with van der Waals surface area (Å²) in [5, 5.41) is 88.2. The SMILES string of the molecule is CC=C(C)C(=O)OC1C(OC(=O)C(C)=CC)C2(CO)C(O)CC3(C)C(=CCC4C5(C)CCC(OC6OC(C(=O)O)C(O)C(OC7OCC(O)C(O)C7O)C6O)CC5C(C)(C(=O)OC)CC43C)C2CC1(C)C. The minimum atomic E-state index is -1.98. The zero-order valence-electron chi connectivity index (χ0n) is 42.9. The van der Waals surface area contributed by atoms with Crippen LogP contribution in [0.3, 0.4) is 0 Å². The number of carbonyl (C=O) groups excluding carboxylic acids is 3. The molecular weight excluding hydrogens is 929 g/mol. The Morgan fingerprint density at radius 2 is 1.42 bits per heavy atom. The lowest BCUT2D eigenvalue weighted by atomic mass is 9.31. The van der Waals surface area contributed by atoms with Gasteiger partial charge in [0.05, 0.1) is 43.4 Å². The van der Waals surface area contributed by atoms with Crippen LogP contribution < -0.4 is 0 Å². The normalized spacial score (nSPS) is 47.5. The second-order valence-electron chi connectivity index (χ2n) is 23.3. The molecule has 0 aromatic carbocycles. The summed E-state index contributed by atoms with van der Waals surface area (Å²) in [5.41, 5.74) is -4.01. The average molecular weight is 1010 g/mol. The van der Waals surface area contributed by atoms with Crippen molar-refractivity contribution in [3.05, 3.63) is 34.9 Å². The summed E-state index contributed by atoms with van der Waals surface area (Å²) in [6.07, 6.45) is -12.2. The Morgan fingerprint density at radius 1 is 0.803 bits per heavy atom. The number of carbonyl (C=O) groups is 4. The predicted molar refractivity (Wildman–Crippen MR) is 249 cm³/mol. The monoisotopic (exact) mass is 1010 g/mol. The maximum atomic E-state index is 14.6. The molecule has 2 saturated heterocycles. The Morgan fingerprint density at radius 3 is 2.00 bits per heavy atom. The first-order valence-electron chi connectivity index (χ1n) is 25.0. The summed E-state index contributed by atoms with van der Waals surface area (Å²) in [5.74, 6) is -4.40. The van der Waals surface area contributed by atoms with Gasteiger partial charge in [-0.05, 0) is 114 Å². The molecule has 0 spiro atoms. The largest absolute Gasteiger partial charge is 0.479 e. The van der Waals surface area contributed by atoms with E-state index < -0.39 is 161 Å². The Hall–Kier alpha value is -3.34. The van der Waals surface area contributed by atoms with Gasteiger partial charge in [-0.15, -0.1) is 0 Å². The third kappa shape index (κ3) is 8.73. The van der Waals surface area contributed by atoms with Gasteiger partial charge >= 0.3 is 23.9 Å². The number of rotatable bonds is 11. The van der Waals surface area contributed by atoms with E-state index in [9.17, 15) is 60.0 Å². The van der Waals surface area contributed by atoms with Crippen molar-refractivity contribution >= 4 is 23.9 Å². The van der Waals surface area contributed by atoms with E-state index in [1.165, 1.54) is 7.11 Å². The molecule has 400 valence electrons. The molecule has 19 heteroatoms. The number of esters is 3. The van der Waals surface area contributed by atoms with Crippen LogP contribution >= 0.6 is 0 Å². The van der Waals surface area contributed by atoms with Crippen molar-refractivity contribution in [1.29, 1.82) is 0 Å². The molecule has 7 rings (SSSR count). The van der Waals surface area contributed by atoms with Gasteiger partial charge in [-0.2, -0.15) is 0 Å². The van der Waals surface area contributed by atoms with Gasteiger partial charge in [0, 0.05) is 16.6 Å². The topological polar surface area (TPSA) is 295 Å². The summed E-state index contributed by atoms with van der Waals surface area (Å²) < 4.78 is 41.4. The zero-order valence-corrected chi connectivity index (χ0v) is 42.9. The molecule has 0 aromatic heterocycles. The molecule has 0 radical (unpaired) electrons. The molecule has 19 nitrogen and oxygen atoms in total. The van der Waals surface area contributed by atoms with E-state index in [-0.39, 0.29) is 18.8 Å². The molecule has 6 fully saturated rings. The number of aliphatic hydroxyl groups excluding tert-OH is 7. The number of carboxylic acid groups (broad SMARTS) is 1. The van der Waals surface area contributed by atoms with Crippen LogP contribution in [0.1, 0.15) is 114 Å². The van der Waals surface area contributed by atoms with E-state index in [4.69, 9.17) is 33.2 Å². The summed E-state index contributed by atoms with van der Waals surface area (Å²) >= 11 is 0. The number of aliphatic hydroxyl groups is 7. The lowest BCUT2D eigenvalue weighted by Crippen LogP contribution is -2.73. The van der Waals surface area contributed by atoms with Crippen LogP contribution in [0.4, 0.5) is 0 Å². The van der Waals surface area contributed by atoms with Crippen LogP contribution in [-0.4, -0.2) is 165 Å². The van der Waals surface area contributed by atoms with Crippen LogP contribution in [0, 0.1) is 50.2 Å². The highest BCUT2D eigenvalue weighted by Crippen LogP contribution is 2.77. The lowest BCUT2D eigenvalue weighted by molar-refractivity contribution is -0.352. The maximum absolute atomic E-state index is 14.6. The lowest BCUT2D eigenvalue weighted by Gasteiger charge is -2.73. The zero-order chi connectivity index (χ0) is 52.7. The number of hydrogen-bond donors (Lipinski definition) is 8. The fraction of sp³-hybridized carbons (Fsp3) is 0.808. The average Bonchev–Trinajstić information content (AvgIpc) is 3.31. The highest BCUT2D eigenvalue weighted by atomic mass is 16.7. The van der Waals surface area contributed by atoms with Gasteiger partial charge in [-0.1, -0.05) is 58.4 Å². The maximum Gasteiger partial charge on any atom is 0.335 e. The molecule has 5 aliphatic carbocycles. The van der Waals surface area contributed by atoms with Crippen molar-refractivity contribution in [1.82, 2.24) is 0 Å². The number of hydrogen-bond acceptors (Lipinski definition) is 18. The van der Waals surface area contributed by atoms with Gasteiger partial charge in [0.2, 0.25) is 0 Å². The molecule has 0 bridgehead atoms.